The first kappa shape index (κ1) is 14.6. The third-order valence-electron chi connectivity index (χ3n) is 2.29. The summed E-state index contributed by atoms with van der Waals surface area (Å²) >= 11 is 0. The number of carbonyl (C=O) groups excluding carboxylic acids is 1. The Hall–Kier alpha value is -1.44. The van der Waals surface area contributed by atoms with Crippen molar-refractivity contribution in [3.63, 3.8) is 0 Å². The predicted molar refractivity (Wildman–Crippen MR) is 66.6 cm³/mol. The summed E-state index contributed by atoms with van der Waals surface area (Å²) in [5.41, 5.74) is 5.36. The van der Waals surface area contributed by atoms with Gasteiger partial charge < -0.3 is 10.5 Å². The van der Waals surface area contributed by atoms with E-state index in [9.17, 15) is 13.2 Å². The molecule has 0 aliphatic rings. The highest BCUT2D eigenvalue weighted by Crippen LogP contribution is 2.16. The second kappa shape index (κ2) is 5.94. The van der Waals surface area contributed by atoms with Gasteiger partial charge in [0.25, 0.3) is 0 Å². The molecule has 6 nitrogen and oxygen atoms in total. The van der Waals surface area contributed by atoms with E-state index >= 15 is 0 Å². The Morgan fingerprint density at radius 1 is 1.44 bits per heavy atom. The number of rotatable bonds is 5. The zero-order chi connectivity index (χ0) is 13.8. The number of nitrogens with one attached hydrogen (secondary N) is 1. The van der Waals surface area contributed by atoms with Gasteiger partial charge >= 0.3 is 5.97 Å². The van der Waals surface area contributed by atoms with Crippen LogP contribution in [-0.4, -0.2) is 34.1 Å². The predicted octanol–water partition coefficient (Wildman–Crippen LogP) is 0.0987. The van der Waals surface area contributed by atoms with Crippen LogP contribution in [0.1, 0.15) is 17.3 Å². The van der Waals surface area contributed by atoms with Crippen molar-refractivity contribution in [1.29, 1.82) is 0 Å². The fourth-order valence-electron chi connectivity index (χ4n) is 1.36. The highest BCUT2D eigenvalue weighted by Gasteiger charge is 2.23. The maximum Gasteiger partial charge on any atom is 0.339 e. The Kier molecular flexibility index (Phi) is 4.83. The van der Waals surface area contributed by atoms with Crippen molar-refractivity contribution in [1.82, 2.24) is 4.72 Å². The molecule has 0 fully saturated rings. The molecule has 0 aromatic heterocycles. The molecule has 18 heavy (non-hydrogen) atoms. The molecule has 0 amide bonds. The minimum absolute atomic E-state index is 0.00304. The molecule has 0 radical (unpaired) electrons. The molecule has 1 rings (SSSR count). The lowest BCUT2D eigenvalue weighted by Gasteiger charge is -2.13. The molecular formula is C11H16N2O4S. The van der Waals surface area contributed by atoms with Gasteiger partial charge in [-0.05, 0) is 19.1 Å². The quantitative estimate of drug-likeness (QED) is 0.741. The summed E-state index contributed by atoms with van der Waals surface area (Å²) in [7, 11) is -2.59. The molecule has 0 aliphatic carbocycles. The number of esters is 1. The maximum absolute atomic E-state index is 12.1. The van der Waals surface area contributed by atoms with E-state index < -0.39 is 22.0 Å². The second-order valence-corrected chi connectivity index (χ2v) is 5.43. The summed E-state index contributed by atoms with van der Waals surface area (Å²) in [5, 5.41) is 0. The largest absolute Gasteiger partial charge is 0.465 e. The van der Waals surface area contributed by atoms with Crippen molar-refractivity contribution in [3.8, 4) is 0 Å². The van der Waals surface area contributed by atoms with Crippen LogP contribution in [-0.2, 0) is 14.8 Å². The van der Waals surface area contributed by atoms with E-state index in [1.165, 1.54) is 25.3 Å². The molecule has 100 valence electrons. The van der Waals surface area contributed by atoms with Crippen LogP contribution in [0.15, 0.2) is 29.2 Å². The summed E-state index contributed by atoms with van der Waals surface area (Å²) in [4.78, 5) is 11.4. The molecule has 1 aromatic rings. The Labute approximate surface area is 106 Å². The van der Waals surface area contributed by atoms with Crippen molar-refractivity contribution in [3.05, 3.63) is 29.8 Å². The van der Waals surface area contributed by atoms with Gasteiger partial charge in [-0.15, -0.1) is 0 Å². The van der Waals surface area contributed by atoms with E-state index in [0.717, 1.165) is 0 Å². The lowest BCUT2D eigenvalue weighted by molar-refractivity contribution is 0.0596. The van der Waals surface area contributed by atoms with Gasteiger partial charge in [0.1, 0.15) is 0 Å². The van der Waals surface area contributed by atoms with Crippen molar-refractivity contribution in [2.24, 2.45) is 5.73 Å². The van der Waals surface area contributed by atoms with E-state index in [2.05, 4.69) is 9.46 Å². The normalized spacial score (nSPS) is 13.1. The highest BCUT2D eigenvalue weighted by molar-refractivity contribution is 7.89. The molecule has 0 saturated heterocycles. The Bertz CT molecular complexity index is 528. The molecule has 0 aliphatic heterocycles. The van der Waals surface area contributed by atoms with Crippen molar-refractivity contribution < 1.29 is 17.9 Å². The van der Waals surface area contributed by atoms with Crippen molar-refractivity contribution in [2.45, 2.75) is 17.9 Å². The lowest BCUT2D eigenvalue weighted by atomic mass is 10.2. The maximum atomic E-state index is 12.1. The van der Waals surface area contributed by atoms with Crippen LogP contribution < -0.4 is 10.5 Å². The summed E-state index contributed by atoms with van der Waals surface area (Å²) in [6.07, 6.45) is 0. The van der Waals surface area contributed by atoms with E-state index in [1.54, 1.807) is 13.0 Å². The topological polar surface area (TPSA) is 98.5 Å². The van der Waals surface area contributed by atoms with Crippen LogP contribution in [0.4, 0.5) is 0 Å². The van der Waals surface area contributed by atoms with Crippen LogP contribution in [0, 0.1) is 0 Å². The summed E-state index contributed by atoms with van der Waals surface area (Å²) in [6.45, 7) is 1.80. The Morgan fingerprint density at radius 3 is 2.61 bits per heavy atom. The Balaban J connectivity index is 3.20. The molecular weight excluding hydrogens is 256 g/mol. The number of nitrogens with two attached hydrogens (primary N) is 1. The number of sulfonamides is 1. The van der Waals surface area contributed by atoms with Crippen LogP contribution in [0.3, 0.4) is 0 Å². The number of hydrogen-bond acceptors (Lipinski definition) is 5. The monoisotopic (exact) mass is 272 g/mol. The van der Waals surface area contributed by atoms with E-state index in [1.807, 2.05) is 0 Å². The van der Waals surface area contributed by atoms with Gasteiger partial charge in [0.2, 0.25) is 10.0 Å². The van der Waals surface area contributed by atoms with E-state index in [4.69, 9.17) is 5.73 Å². The van der Waals surface area contributed by atoms with Crippen LogP contribution in [0.25, 0.3) is 0 Å². The van der Waals surface area contributed by atoms with Gasteiger partial charge in [0.05, 0.1) is 17.6 Å². The minimum Gasteiger partial charge on any atom is -0.465 e. The average Bonchev–Trinajstić information content (AvgIpc) is 2.37. The van der Waals surface area contributed by atoms with Gasteiger partial charge in [-0.25, -0.2) is 17.9 Å². The zero-order valence-electron chi connectivity index (χ0n) is 10.2. The van der Waals surface area contributed by atoms with Gasteiger partial charge in [-0.2, -0.15) is 0 Å². The van der Waals surface area contributed by atoms with E-state index in [0.29, 0.717) is 0 Å². The lowest BCUT2D eigenvalue weighted by Crippen LogP contribution is -2.38. The number of ether oxygens (including phenoxy) is 1. The first-order chi connectivity index (χ1) is 8.42. The summed E-state index contributed by atoms with van der Waals surface area (Å²) in [5.74, 6) is -0.698. The van der Waals surface area contributed by atoms with Crippen LogP contribution >= 0.6 is 0 Å². The summed E-state index contributed by atoms with van der Waals surface area (Å²) in [6, 6.07) is 5.43. The highest BCUT2D eigenvalue weighted by atomic mass is 32.2. The average molecular weight is 272 g/mol. The van der Waals surface area contributed by atoms with Crippen LogP contribution in [0.2, 0.25) is 0 Å². The molecule has 0 heterocycles. The Morgan fingerprint density at radius 2 is 2.06 bits per heavy atom. The molecule has 0 spiro atoms. The number of methoxy groups -OCH3 is 1. The second-order valence-electron chi connectivity index (χ2n) is 3.75. The number of benzene rings is 1. The third kappa shape index (κ3) is 3.28. The molecule has 1 unspecified atom stereocenters. The SMILES string of the molecule is COC(=O)c1ccccc1S(=O)(=O)NC(C)CN. The first-order valence-electron chi connectivity index (χ1n) is 5.32. The first-order valence-corrected chi connectivity index (χ1v) is 6.80. The molecule has 7 heteroatoms. The molecule has 0 saturated carbocycles. The van der Waals surface area contributed by atoms with Gasteiger partial charge in [-0.1, -0.05) is 12.1 Å². The molecule has 3 N–H and O–H groups in total. The van der Waals surface area contributed by atoms with Gasteiger partial charge in [-0.3, -0.25) is 0 Å². The number of carbonyl (C=O) groups is 1. The van der Waals surface area contributed by atoms with Crippen molar-refractivity contribution >= 4 is 16.0 Å². The minimum atomic E-state index is -3.79. The standard InChI is InChI=1S/C11H16N2O4S/c1-8(7-12)13-18(15,16)10-6-4-3-5-9(10)11(14)17-2/h3-6,8,13H,7,12H2,1-2H3. The van der Waals surface area contributed by atoms with Gasteiger partial charge in [0.15, 0.2) is 0 Å². The smallest absolute Gasteiger partial charge is 0.339 e. The number of hydrogen-bond donors (Lipinski definition) is 2. The van der Waals surface area contributed by atoms with E-state index in [-0.39, 0.29) is 17.0 Å². The van der Waals surface area contributed by atoms with Crippen molar-refractivity contribution in [2.75, 3.05) is 13.7 Å². The molecule has 0 bridgehead atoms. The molecule has 1 aromatic carbocycles. The zero-order valence-corrected chi connectivity index (χ0v) is 11.0. The fraction of sp³-hybridized carbons (Fsp3) is 0.364. The van der Waals surface area contributed by atoms with Gasteiger partial charge in [0, 0.05) is 12.6 Å². The summed E-state index contributed by atoms with van der Waals surface area (Å²) < 4.78 is 31.1. The van der Waals surface area contributed by atoms with Crippen LogP contribution in [0.5, 0.6) is 0 Å². The fourth-order valence-corrected chi connectivity index (χ4v) is 2.81. The third-order valence-corrected chi connectivity index (χ3v) is 3.94. The molecule has 1 atom stereocenters.